The number of ether oxygens (including phenoxy) is 1. The molecule has 0 aliphatic carbocycles. The summed E-state index contributed by atoms with van der Waals surface area (Å²) in [5.74, 6) is 1.28. The summed E-state index contributed by atoms with van der Waals surface area (Å²) in [5.41, 5.74) is 8.78. The first-order valence-electron chi connectivity index (χ1n) is 9.26. The first-order chi connectivity index (χ1) is 13.1. The van der Waals surface area contributed by atoms with Crippen LogP contribution in [-0.4, -0.2) is 30.7 Å². The molecule has 3 atom stereocenters. The fourth-order valence-electron chi connectivity index (χ4n) is 3.46. The Kier molecular flexibility index (Phi) is 6.32. The predicted octanol–water partition coefficient (Wildman–Crippen LogP) is 2.30. The van der Waals surface area contributed by atoms with E-state index >= 15 is 0 Å². The summed E-state index contributed by atoms with van der Waals surface area (Å²) in [4.78, 5) is 12.4. The summed E-state index contributed by atoms with van der Waals surface area (Å²) in [6.07, 6.45) is 1.19. The van der Waals surface area contributed by atoms with Crippen molar-refractivity contribution >= 4 is 5.91 Å². The number of hydrogen-bond donors (Lipinski definition) is 4. The zero-order chi connectivity index (χ0) is 19.2. The standard InChI is InChI=1S/C21H27N3O3/c1-14-19(21(24-23-14)16-5-9-18(27-2)10-6-16)13-20(26)22-12-11-15-3-7-17(25)8-4-15/h3-10,14,19,21,23-25H,11-13H2,1-2H3,(H,22,26). The van der Waals surface area contributed by atoms with Gasteiger partial charge >= 0.3 is 0 Å². The van der Waals surface area contributed by atoms with Crippen molar-refractivity contribution in [2.24, 2.45) is 5.92 Å². The molecule has 1 saturated heterocycles. The number of methoxy groups -OCH3 is 1. The van der Waals surface area contributed by atoms with E-state index in [1.807, 2.05) is 36.4 Å². The topological polar surface area (TPSA) is 82.6 Å². The smallest absolute Gasteiger partial charge is 0.220 e. The first-order valence-corrected chi connectivity index (χ1v) is 9.26. The van der Waals surface area contributed by atoms with Gasteiger partial charge in [0, 0.05) is 24.9 Å². The lowest BCUT2D eigenvalue weighted by atomic mass is 9.87. The molecule has 1 heterocycles. The lowest BCUT2D eigenvalue weighted by Gasteiger charge is -2.21. The molecule has 2 aromatic rings. The number of amides is 1. The molecule has 0 saturated carbocycles. The fourth-order valence-corrected chi connectivity index (χ4v) is 3.46. The molecule has 1 aliphatic rings. The Morgan fingerprint density at radius 2 is 1.81 bits per heavy atom. The maximum Gasteiger partial charge on any atom is 0.220 e. The quantitative estimate of drug-likeness (QED) is 0.602. The third kappa shape index (κ3) is 4.99. The van der Waals surface area contributed by atoms with Gasteiger partial charge in [-0.15, -0.1) is 0 Å². The van der Waals surface area contributed by atoms with E-state index in [2.05, 4.69) is 23.1 Å². The second-order valence-corrected chi connectivity index (χ2v) is 6.96. The summed E-state index contributed by atoms with van der Waals surface area (Å²) < 4.78 is 5.22. The molecule has 6 nitrogen and oxygen atoms in total. The van der Waals surface area contributed by atoms with Crippen LogP contribution in [0.25, 0.3) is 0 Å². The van der Waals surface area contributed by atoms with E-state index in [9.17, 15) is 9.90 Å². The van der Waals surface area contributed by atoms with Crippen molar-refractivity contribution in [1.29, 1.82) is 0 Å². The lowest BCUT2D eigenvalue weighted by molar-refractivity contribution is -0.122. The molecule has 2 aromatic carbocycles. The number of phenols is 1. The summed E-state index contributed by atoms with van der Waals surface area (Å²) in [7, 11) is 1.65. The number of rotatable bonds is 7. The molecular formula is C21H27N3O3. The van der Waals surface area contributed by atoms with Crippen molar-refractivity contribution in [3.05, 3.63) is 59.7 Å². The first kappa shape index (κ1) is 19.2. The van der Waals surface area contributed by atoms with Gasteiger partial charge in [0.05, 0.1) is 13.2 Å². The van der Waals surface area contributed by atoms with E-state index < -0.39 is 0 Å². The number of phenolic OH excluding ortho intramolecular Hbond substituents is 1. The third-order valence-corrected chi connectivity index (χ3v) is 5.11. The Labute approximate surface area is 159 Å². The highest BCUT2D eigenvalue weighted by molar-refractivity contribution is 5.76. The molecule has 6 heteroatoms. The molecule has 27 heavy (non-hydrogen) atoms. The van der Waals surface area contributed by atoms with Crippen molar-refractivity contribution < 1.29 is 14.6 Å². The van der Waals surface area contributed by atoms with E-state index in [0.717, 1.165) is 23.3 Å². The highest BCUT2D eigenvalue weighted by atomic mass is 16.5. The van der Waals surface area contributed by atoms with E-state index in [1.54, 1.807) is 19.2 Å². The molecule has 1 amide bonds. The number of carbonyl (C=O) groups excluding carboxylic acids is 1. The number of aromatic hydroxyl groups is 1. The molecule has 1 aliphatic heterocycles. The average Bonchev–Trinajstić information content (AvgIpc) is 3.04. The van der Waals surface area contributed by atoms with Crippen LogP contribution in [0.5, 0.6) is 11.5 Å². The van der Waals surface area contributed by atoms with Crippen LogP contribution in [0.4, 0.5) is 0 Å². The van der Waals surface area contributed by atoms with E-state index in [0.29, 0.717) is 13.0 Å². The summed E-state index contributed by atoms with van der Waals surface area (Å²) >= 11 is 0. The Bertz CT molecular complexity index is 746. The van der Waals surface area contributed by atoms with Crippen LogP contribution in [0.1, 0.15) is 30.5 Å². The number of benzene rings is 2. The van der Waals surface area contributed by atoms with Crippen LogP contribution in [-0.2, 0) is 11.2 Å². The Balaban J connectivity index is 1.53. The molecule has 0 spiro atoms. The van der Waals surface area contributed by atoms with Crippen molar-refractivity contribution in [2.45, 2.75) is 31.8 Å². The minimum absolute atomic E-state index is 0.0506. The average molecular weight is 369 g/mol. The molecular weight excluding hydrogens is 342 g/mol. The minimum atomic E-state index is 0.0506. The highest BCUT2D eigenvalue weighted by Gasteiger charge is 2.35. The van der Waals surface area contributed by atoms with Gasteiger partial charge in [-0.25, -0.2) is 5.43 Å². The third-order valence-electron chi connectivity index (χ3n) is 5.11. The van der Waals surface area contributed by atoms with Crippen molar-refractivity contribution in [2.75, 3.05) is 13.7 Å². The highest BCUT2D eigenvalue weighted by Crippen LogP contribution is 2.32. The van der Waals surface area contributed by atoms with Gasteiger partial charge in [-0.05, 0) is 48.7 Å². The Morgan fingerprint density at radius 3 is 2.48 bits per heavy atom. The van der Waals surface area contributed by atoms with E-state index in [1.165, 1.54) is 0 Å². The minimum Gasteiger partial charge on any atom is -0.508 e. The maximum atomic E-state index is 12.4. The van der Waals surface area contributed by atoms with Crippen molar-refractivity contribution in [1.82, 2.24) is 16.2 Å². The molecule has 0 radical (unpaired) electrons. The number of hydrogen-bond acceptors (Lipinski definition) is 5. The van der Waals surface area contributed by atoms with Gasteiger partial charge in [0.2, 0.25) is 5.91 Å². The molecule has 4 N–H and O–H groups in total. The lowest BCUT2D eigenvalue weighted by Crippen LogP contribution is -2.32. The van der Waals surface area contributed by atoms with Crippen LogP contribution in [0.2, 0.25) is 0 Å². The van der Waals surface area contributed by atoms with Crippen LogP contribution >= 0.6 is 0 Å². The predicted molar refractivity (Wildman–Crippen MR) is 104 cm³/mol. The van der Waals surface area contributed by atoms with E-state index in [4.69, 9.17) is 4.74 Å². The molecule has 0 aromatic heterocycles. The van der Waals surface area contributed by atoms with Crippen LogP contribution < -0.4 is 20.9 Å². The normalized spacial score (nSPS) is 21.8. The summed E-state index contributed by atoms with van der Waals surface area (Å²) in [6.45, 7) is 2.67. The fraction of sp³-hybridized carbons (Fsp3) is 0.381. The van der Waals surface area contributed by atoms with Crippen molar-refractivity contribution in [3.8, 4) is 11.5 Å². The summed E-state index contributed by atoms with van der Waals surface area (Å²) in [6, 6.07) is 15.3. The number of carbonyl (C=O) groups is 1. The number of hydrazine groups is 1. The van der Waals surface area contributed by atoms with Gasteiger partial charge < -0.3 is 15.2 Å². The second-order valence-electron chi connectivity index (χ2n) is 6.96. The van der Waals surface area contributed by atoms with Gasteiger partial charge in [-0.3, -0.25) is 10.2 Å². The molecule has 144 valence electrons. The number of nitrogens with one attached hydrogen (secondary N) is 3. The SMILES string of the molecule is COc1ccc(C2NNC(C)C2CC(=O)NCCc2ccc(O)cc2)cc1. The van der Waals surface area contributed by atoms with Gasteiger partial charge in [0.15, 0.2) is 0 Å². The Morgan fingerprint density at radius 1 is 1.11 bits per heavy atom. The molecule has 3 unspecified atom stereocenters. The molecule has 1 fully saturated rings. The van der Waals surface area contributed by atoms with Crippen LogP contribution in [0.3, 0.4) is 0 Å². The van der Waals surface area contributed by atoms with Crippen molar-refractivity contribution in [3.63, 3.8) is 0 Å². The monoisotopic (exact) mass is 369 g/mol. The van der Waals surface area contributed by atoms with Gasteiger partial charge in [-0.1, -0.05) is 24.3 Å². The summed E-state index contributed by atoms with van der Waals surface area (Å²) in [5, 5.41) is 12.3. The van der Waals surface area contributed by atoms with Gasteiger partial charge in [0.1, 0.15) is 11.5 Å². The zero-order valence-corrected chi connectivity index (χ0v) is 15.7. The van der Waals surface area contributed by atoms with Crippen LogP contribution in [0.15, 0.2) is 48.5 Å². The largest absolute Gasteiger partial charge is 0.508 e. The molecule has 0 bridgehead atoms. The van der Waals surface area contributed by atoms with Gasteiger partial charge in [-0.2, -0.15) is 0 Å². The second kappa shape index (κ2) is 8.88. The van der Waals surface area contributed by atoms with Crippen LogP contribution in [0, 0.1) is 5.92 Å². The maximum absolute atomic E-state index is 12.4. The zero-order valence-electron chi connectivity index (χ0n) is 15.7. The Hall–Kier alpha value is -2.57. The molecule has 3 rings (SSSR count). The van der Waals surface area contributed by atoms with Gasteiger partial charge in [0.25, 0.3) is 0 Å². The van der Waals surface area contributed by atoms with E-state index in [-0.39, 0.29) is 29.7 Å².